The van der Waals surface area contributed by atoms with E-state index in [9.17, 15) is 14.9 Å². The number of nitro groups is 1. The number of hydrogen-bond acceptors (Lipinski definition) is 4. The maximum absolute atomic E-state index is 11.0. The van der Waals surface area contributed by atoms with E-state index in [1.807, 2.05) is 0 Å². The van der Waals surface area contributed by atoms with Crippen molar-refractivity contribution in [3.8, 4) is 0 Å². The van der Waals surface area contributed by atoms with E-state index in [2.05, 4.69) is 4.74 Å². The highest BCUT2D eigenvalue weighted by Crippen LogP contribution is 2.19. The van der Waals surface area contributed by atoms with Gasteiger partial charge >= 0.3 is 5.97 Å². The van der Waals surface area contributed by atoms with Gasteiger partial charge < -0.3 is 4.74 Å². The summed E-state index contributed by atoms with van der Waals surface area (Å²) in [5.74, 6) is -0.482. The molecule has 0 spiro atoms. The number of hydrogen-bond donors (Lipinski definition) is 0. The van der Waals surface area contributed by atoms with Crippen LogP contribution in [0.4, 0.5) is 5.69 Å². The fourth-order valence-electron chi connectivity index (χ4n) is 1.18. The topological polar surface area (TPSA) is 69.4 Å². The minimum atomic E-state index is -0.482. The van der Waals surface area contributed by atoms with E-state index in [-0.39, 0.29) is 5.69 Å². The SMILES string of the molecule is COC(=O)/C=C(\C)c1cccc([N+](=O)[O-])c1. The summed E-state index contributed by atoms with van der Waals surface area (Å²) in [5.41, 5.74) is 1.24. The van der Waals surface area contributed by atoms with Gasteiger partial charge in [0.2, 0.25) is 0 Å². The van der Waals surface area contributed by atoms with E-state index >= 15 is 0 Å². The minimum absolute atomic E-state index is 0.00452. The first-order valence-electron chi connectivity index (χ1n) is 4.55. The summed E-state index contributed by atoms with van der Waals surface area (Å²) >= 11 is 0. The predicted octanol–water partition coefficient (Wildman–Crippen LogP) is 2.17. The molecule has 84 valence electrons. The Morgan fingerprint density at radius 3 is 2.75 bits per heavy atom. The van der Waals surface area contributed by atoms with Crippen molar-refractivity contribution in [3.63, 3.8) is 0 Å². The molecule has 1 rings (SSSR count). The third-order valence-electron chi connectivity index (χ3n) is 2.05. The molecule has 0 saturated carbocycles. The number of carbonyl (C=O) groups excluding carboxylic acids is 1. The number of rotatable bonds is 3. The molecule has 0 unspecified atom stereocenters. The lowest BCUT2D eigenvalue weighted by Gasteiger charge is -2.00. The molecule has 0 fully saturated rings. The monoisotopic (exact) mass is 221 g/mol. The molecule has 0 saturated heterocycles. The molecule has 0 aliphatic rings. The lowest BCUT2D eigenvalue weighted by molar-refractivity contribution is -0.384. The molecule has 0 aliphatic heterocycles. The first kappa shape index (κ1) is 11.9. The average molecular weight is 221 g/mol. The van der Waals surface area contributed by atoms with Gasteiger partial charge in [-0.2, -0.15) is 0 Å². The van der Waals surface area contributed by atoms with Gasteiger partial charge in [-0.05, 0) is 18.1 Å². The number of ether oxygens (including phenoxy) is 1. The first-order chi connectivity index (χ1) is 7.54. The van der Waals surface area contributed by atoms with Crippen LogP contribution in [0.25, 0.3) is 5.57 Å². The maximum Gasteiger partial charge on any atom is 0.330 e. The summed E-state index contributed by atoms with van der Waals surface area (Å²) in [6.07, 6.45) is 1.29. The van der Waals surface area contributed by atoms with Crippen molar-refractivity contribution in [2.24, 2.45) is 0 Å². The van der Waals surface area contributed by atoms with Gasteiger partial charge in [0, 0.05) is 18.2 Å². The lowest BCUT2D eigenvalue weighted by Crippen LogP contribution is -1.96. The van der Waals surface area contributed by atoms with Crippen molar-refractivity contribution in [2.45, 2.75) is 6.92 Å². The summed E-state index contributed by atoms with van der Waals surface area (Å²) in [6, 6.07) is 6.08. The Morgan fingerprint density at radius 1 is 1.50 bits per heavy atom. The van der Waals surface area contributed by atoms with Gasteiger partial charge in [0.25, 0.3) is 5.69 Å². The van der Waals surface area contributed by atoms with E-state index in [0.29, 0.717) is 11.1 Å². The molecule has 1 aromatic carbocycles. The van der Waals surface area contributed by atoms with Crippen LogP contribution in [0.3, 0.4) is 0 Å². The fourth-order valence-corrected chi connectivity index (χ4v) is 1.18. The molecule has 0 N–H and O–H groups in total. The van der Waals surface area contributed by atoms with Crippen LogP contribution in [0.1, 0.15) is 12.5 Å². The number of nitrogens with zero attached hydrogens (tertiary/aromatic N) is 1. The summed E-state index contributed by atoms with van der Waals surface area (Å²) in [7, 11) is 1.28. The van der Waals surface area contributed by atoms with Crippen LogP contribution in [0.15, 0.2) is 30.3 Å². The van der Waals surface area contributed by atoms with E-state index in [1.165, 1.54) is 25.3 Å². The van der Waals surface area contributed by atoms with Crippen molar-refractivity contribution >= 4 is 17.2 Å². The Hall–Kier alpha value is -2.17. The van der Waals surface area contributed by atoms with Gasteiger partial charge in [0.15, 0.2) is 0 Å². The molecule has 0 bridgehead atoms. The second kappa shape index (κ2) is 5.06. The van der Waals surface area contributed by atoms with E-state index in [1.54, 1.807) is 19.1 Å². The van der Waals surface area contributed by atoms with E-state index < -0.39 is 10.9 Å². The third-order valence-corrected chi connectivity index (χ3v) is 2.05. The molecular weight excluding hydrogens is 210 g/mol. The van der Waals surface area contributed by atoms with Gasteiger partial charge in [-0.3, -0.25) is 10.1 Å². The molecule has 1 aromatic rings. The zero-order valence-corrected chi connectivity index (χ0v) is 8.97. The number of non-ortho nitro benzene ring substituents is 1. The zero-order valence-electron chi connectivity index (χ0n) is 8.97. The molecule has 0 atom stereocenters. The second-order valence-electron chi connectivity index (χ2n) is 3.16. The predicted molar refractivity (Wildman–Crippen MR) is 58.8 cm³/mol. The van der Waals surface area contributed by atoms with E-state index in [4.69, 9.17) is 0 Å². The second-order valence-corrected chi connectivity index (χ2v) is 3.16. The number of allylic oxidation sites excluding steroid dienone is 1. The summed E-state index contributed by atoms with van der Waals surface area (Å²) in [5, 5.41) is 10.5. The molecule has 5 heteroatoms. The number of carbonyl (C=O) groups is 1. The van der Waals surface area contributed by atoms with Crippen LogP contribution in [-0.4, -0.2) is 18.0 Å². The minimum Gasteiger partial charge on any atom is -0.466 e. The molecule has 16 heavy (non-hydrogen) atoms. The van der Waals surface area contributed by atoms with Crippen molar-refractivity contribution in [2.75, 3.05) is 7.11 Å². The van der Waals surface area contributed by atoms with Crippen LogP contribution in [0, 0.1) is 10.1 Å². The molecule has 5 nitrogen and oxygen atoms in total. The van der Waals surface area contributed by atoms with Gasteiger partial charge in [-0.1, -0.05) is 12.1 Å². The van der Waals surface area contributed by atoms with Gasteiger partial charge in [0.1, 0.15) is 0 Å². The highest BCUT2D eigenvalue weighted by molar-refractivity contribution is 5.90. The Bertz CT molecular complexity index is 451. The highest BCUT2D eigenvalue weighted by Gasteiger charge is 2.07. The van der Waals surface area contributed by atoms with Crippen LogP contribution in [0.5, 0.6) is 0 Å². The smallest absolute Gasteiger partial charge is 0.330 e. The van der Waals surface area contributed by atoms with Gasteiger partial charge in [0.05, 0.1) is 12.0 Å². The van der Waals surface area contributed by atoms with Gasteiger partial charge in [-0.15, -0.1) is 0 Å². The molecule has 0 aromatic heterocycles. The number of benzene rings is 1. The van der Waals surface area contributed by atoms with Crippen molar-refractivity contribution < 1.29 is 14.5 Å². The van der Waals surface area contributed by atoms with E-state index in [0.717, 1.165) is 0 Å². The molecule has 0 heterocycles. The van der Waals surface area contributed by atoms with Crippen LogP contribution < -0.4 is 0 Å². The average Bonchev–Trinajstić information content (AvgIpc) is 2.28. The van der Waals surface area contributed by atoms with Crippen LogP contribution >= 0.6 is 0 Å². The van der Waals surface area contributed by atoms with Gasteiger partial charge in [-0.25, -0.2) is 4.79 Å². The fraction of sp³-hybridized carbons (Fsp3) is 0.182. The molecular formula is C11H11NO4. The standard InChI is InChI=1S/C11H11NO4/c1-8(6-11(13)16-2)9-4-3-5-10(7-9)12(14)15/h3-7H,1-2H3/b8-6+. The zero-order chi connectivity index (χ0) is 12.1. The first-order valence-corrected chi connectivity index (χ1v) is 4.55. The normalized spacial score (nSPS) is 11.0. The lowest BCUT2D eigenvalue weighted by atomic mass is 10.1. The summed E-state index contributed by atoms with van der Waals surface area (Å²) < 4.78 is 4.47. The largest absolute Gasteiger partial charge is 0.466 e. The van der Waals surface area contributed by atoms with Crippen LogP contribution in [0.2, 0.25) is 0 Å². The quantitative estimate of drug-likeness (QED) is 0.339. The third kappa shape index (κ3) is 2.91. The Balaban J connectivity index is 3.05. The summed E-state index contributed by atoms with van der Waals surface area (Å²) in [6.45, 7) is 1.69. The Kier molecular flexibility index (Phi) is 3.77. The molecule has 0 amide bonds. The maximum atomic E-state index is 11.0. The Labute approximate surface area is 92.5 Å². The molecule has 0 aliphatic carbocycles. The Morgan fingerprint density at radius 2 is 2.19 bits per heavy atom. The number of methoxy groups -OCH3 is 1. The van der Waals surface area contributed by atoms with Crippen molar-refractivity contribution in [1.29, 1.82) is 0 Å². The number of esters is 1. The molecule has 0 radical (unpaired) electrons. The summed E-state index contributed by atoms with van der Waals surface area (Å²) in [4.78, 5) is 21.1. The highest BCUT2D eigenvalue weighted by atomic mass is 16.6. The van der Waals surface area contributed by atoms with Crippen molar-refractivity contribution in [3.05, 3.63) is 46.0 Å². The van der Waals surface area contributed by atoms with Crippen LogP contribution in [-0.2, 0) is 9.53 Å². The van der Waals surface area contributed by atoms with Crippen molar-refractivity contribution in [1.82, 2.24) is 0 Å². The number of nitro benzene ring substituents is 1.